The van der Waals surface area contributed by atoms with E-state index in [0.29, 0.717) is 11.4 Å². The Balaban J connectivity index is 2.49. The Hall–Kier alpha value is -1.35. The third-order valence-electron chi connectivity index (χ3n) is 4.28. The van der Waals surface area contributed by atoms with Crippen LogP contribution in [0.5, 0.6) is 0 Å². The lowest BCUT2D eigenvalue weighted by Gasteiger charge is -2.42. The van der Waals surface area contributed by atoms with Gasteiger partial charge in [-0.25, -0.2) is 0 Å². The van der Waals surface area contributed by atoms with Gasteiger partial charge in [-0.3, -0.25) is 14.9 Å². The molecule has 0 aromatic heterocycles. The van der Waals surface area contributed by atoms with E-state index in [-0.39, 0.29) is 23.1 Å². The van der Waals surface area contributed by atoms with Gasteiger partial charge in [0.2, 0.25) is 11.8 Å². The van der Waals surface area contributed by atoms with Crippen LogP contribution < -0.4 is 5.32 Å². The molecule has 108 valence electrons. The zero-order valence-corrected chi connectivity index (χ0v) is 12.7. The highest BCUT2D eigenvalue weighted by atomic mass is 35.5. The zero-order valence-electron chi connectivity index (χ0n) is 11.9. The van der Waals surface area contributed by atoms with Crippen LogP contribution in [0.2, 0.25) is 5.02 Å². The molecule has 1 aromatic rings. The predicted octanol–water partition coefficient (Wildman–Crippen LogP) is 3.67. The topological polar surface area (TPSA) is 46.2 Å². The molecule has 1 N–H and O–H groups in total. The van der Waals surface area contributed by atoms with E-state index in [1.54, 1.807) is 6.07 Å². The standard InChI is InChI=1S/C16H20ClNO2/c1-3-8-16(4-2)10-13(19)18-15(20)14(16)11-6-5-7-12(17)9-11/h5-7,9,14H,3-4,8,10H2,1-2H3,(H,18,19,20). The van der Waals surface area contributed by atoms with Gasteiger partial charge in [0.15, 0.2) is 0 Å². The van der Waals surface area contributed by atoms with Gasteiger partial charge in [0.25, 0.3) is 0 Å². The highest BCUT2D eigenvalue weighted by Crippen LogP contribution is 2.48. The lowest BCUT2D eigenvalue weighted by atomic mass is 9.63. The monoisotopic (exact) mass is 293 g/mol. The molecule has 0 spiro atoms. The van der Waals surface area contributed by atoms with Crippen LogP contribution in [0.25, 0.3) is 0 Å². The van der Waals surface area contributed by atoms with Crippen molar-refractivity contribution in [3.63, 3.8) is 0 Å². The largest absolute Gasteiger partial charge is 0.296 e. The number of carbonyl (C=O) groups is 2. The van der Waals surface area contributed by atoms with Gasteiger partial charge in [-0.15, -0.1) is 0 Å². The first-order valence-corrected chi connectivity index (χ1v) is 7.49. The Labute approximate surface area is 124 Å². The van der Waals surface area contributed by atoms with Crippen molar-refractivity contribution in [3.8, 4) is 0 Å². The Morgan fingerprint density at radius 3 is 2.70 bits per heavy atom. The number of rotatable bonds is 4. The van der Waals surface area contributed by atoms with Crippen LogP contribution in [0.3, 0.4) is 0 Å². The second kappa shape index (κ2) is 5.96. The van der Waals surface area contributed by atoms with Gasteiger partial charge in [0.05, 0.1) is 5.92 Å². The van der Waals surface area contributed by atoms with Crippen LogP contribution in [-0.2, 0) is 9.59 Å². The number of imide groups is 1. The highest BCUT2D eigenvalue weighted by molar-refractivity contribution is 6.30. The molecular formula is C16H20ClNO2. The summed E-state index contributed by atoms with van der Waals surface area (Å²) in [6.45, 7) is 4.14. The zero-order chi connectivity index (χ0) is 14.8. The fourth-order valence-corrected chi connectivity index (χ4v) is 3.58. The molecule has 1 fully saturated rings. The van der Waals surface area contributed by atoms with Crippen molar-refractivity contribution in [1.82, 2.24) is 5.32 Å². The number of nitrogens with one attached hydrogen (secondary N) is 1. The maximum Gasteiger partial charge on any atom is 0.234 e. The van der Waals surface area contributed by atoms with Crippen molar-refractivity contribution in [2.45, 2.75) is 45.4 Å². The van der Waals surface area contributed by atoms with Crippen LogP contribution in [-0.4, -0.2) is 11.8 Å². The number of halogens is 1. The summed E-state index contributed by atoms with van der Waals surface area (Å²) < 4.78 is 0. The molecule has 2 unspecified atom stereocenters. The van der Waals surface area contributed by atoms with Gasteiger partial charge >= 0.3 is 0 Å². The minimum Gasteiger partial charge on any atom is -0.296 e. The predicted molar refractivity (Wildman–Crippen MR) is 79.6 cm³/mol. The number of hydrogen-bond acceptors (Lipinski definition) is 2. The second-order valence-electron chi connectivity index (χ2n) is 5.54. The number of hydrogen-bond donors (Lipinski definition) is 1. The Morgan fingerprint density at radius 1 is 1.35 bits per heavy atom. The van der Waals surface area contributed by atoms with E-state index in [2.05, 4.69) is 19.2 Å². The first-order chi connectivity index (χ1) is 9.52. The van der Waals surface area contributed by atoms with Crippen LogP contribution in [0.1, 0.15) is 51.0 Å². The van der Waals surface area contributed by atoms with Crippen molar-refractivity contribution in [1.29, 1.82) is 0 Å². The van der Waals surface area contributed by atoms with E-state index in [0.717, 1.165) is 24.8 Å². The molecule has 1 heterocycles. The number of piperidine rings is 1. The van der Waals surface area contributed by atoms with Crippen molar-refractivity contribution >= 4 is 23.4 Å². The summed E-state index contributed by atoms with van der Waals surface area (Å²) in [4.78, 5) is 24.2. The van der Waals surface area contributed by atoms with Gasteiger partial charge in [0, 0.05) is 11.4 Å². The van der Waals surface area contributed by atoms with E-state index in [9.17, 15) is 9.59 Å². The summed E-state index contributed by atoms with van der Waals surface area (Å²) >= 11 is 6.06. The van der Waals surface area contributed by atoms with E-state index in [4.69, 9.17) is 11.6 Å². The number of amides is 2. The summed E-state index contributed by atoms with van der Waals surface area (Å²) in [5.41, 5.74) is 0.608. The molecule has 1 aromatic carbocycles. The van der Waals surface area contributed by atoms with Crippen LogP contribution >= 0.6 is 11.6 Å². The second-order valence-corrected chi connectivity index (χ2v) is 5.98. The molecule has 1 aliphatic heterocycles. The van der Waals surface area contributed by atoms with E-state index in [1.807, 2.05) is 18.2 Å². The summed E-state index contributed by atoms with van der Waals surface area (Å²) in [6.07, 6.45) is 3.02. The molecule has 2 amide bonds. The fraction of sp³-hybridized carbons (Fsp3) is 0.500. The van der Waals surface area contributed by atoms with Crippen molar-refractivity contribution in [3.05, 3.63) is 34.9 Å². The molecular weight excluding hydrogens is 274 g/mol. The molecule has 3 nitrogen and oxygen atoms in total. The molecule has 20 heavy (non-hydrogen) atoms. The van der Waals surface area contributed by atoms with E-state index < -0.39 is 0 Å². The normalized spacial score (nSPS) is 26.4. The summed E-state index contributed by atoms with van der Waals surface area (Å²) in [6, 6.07) is 7.41. The van der Waals surface area contributed by atoms with Crippen LogP contribution in [0.15, 0.2) is 24.3 Å². The lowest BCUT2D eigenvalue weighted by molar-refractivity contribution is -0.140. The van der Waals surface area contributed by atoms with Crippen LogP contribution in [0.4, 0.5) is 0 Å². The van der Waals surface area contributed by atoms with E-state index in [1.165, 1.54) is 0 Å². The summed E-state index contributed by atoms with van der Waals surface area (Å²) in [7, 11) is 0. The van der Waals surface area contributed by atoms with Gasteiger partial charge in [0.1, 0.15) is 0 Å². The average Bonchev–Trinajstić information content (AvgIpc) is 2.38. The van der Waals surface area contributed by atoms with E-state index >= 15 is 0 Å². The van der Waals surface area contributed by atoms with Gasteiger partial charge in [-0.05, 0) is 36.0 Å². The first kappa shape index (κ1) is 15.0. The SMILES string of the molecule is CCCC1(CC)CC(=O)NC(=O)C1c1cccc(Cl)c1. The van der Waals surface area contributed by atoms with Crippen molar-refractivity contribution in [2.24, 2.45) is 5.41 Å². The van der Waals surface area contributed by atoms with Crippen molar-refractivity contribution < 1.29 is 9.59 Å². The molecule has 2 rings (SSSR count). The fourth-order valence-electron chi connectivity index (χ4n) is 3.38. The smallest absolute Gasteiger partial charge is 0.234 e. The van der Waals surface area contributed by atoms with Crippen LogP contribution in [0, 0.1) is 5.41 Å². The maximum atomic E-state index is 12.4. The van der Waals surface area contributed by atoms with Gasteiger partial charge < -0.3 is 0 Å². The highest BCUT2D eigenvalue weighted by Gasteiger charge is 2.47. The molecule has 0 aliphatic carbocycles. The first-order valence-electron chi connectivity index (χ1n) is 7.11. The van der Waals surface area contributed by atoms with Gasteiger partial charge in [-0.1, -0.05) is 44.0 Å². The Kier molecular flexibility index (Phi) is 4.48. The molecule has 0 bridgehead atoms. The third-order valence-corrected chi connectivity index (χ3v) is 4.52. The molecule has 2 atom stereocenters. The molecule has 0 radical (unpaired) electrons. The molecule has 1 saturated heterocycles. The van der Waals surface area contributed by atoms with Crippen molar-refractivity contribution in [2.75, 3.05) is 0 Å². The number of carbonyl (C=O) groups excluding carboxylic acids is 2. The lowest BCUT2D eigenvalue weighted by Crippen LogP contribution is -2.50. The van der Waals surface area contributed by atoms with Gasteiger partial charge in [-0.2, -0.15) is 0 Å². The Bertz CT molecular complexity index is 529. The average molecular weight is 294 g/mol. The minimum atomic E-state index is -0.302. The Morgan fingerprint density at radius 2 is 2.10 bits per heavy atom. The third kappa shape index (κ3) is 2.73. The number of benzene rings is 1. The molecule has 4 heteroatoms. The quantitative estimate of drug-likeness (QED) is 0.861. The summed E-state index contributed by atoms with van der Waals surface area (Å²) in [5, 5.41) is 3.09. The minimum absolute atomic E-state index is 0.163. The maximum absolute atomic E-state index is 12.4. The molecule has 0 saturated carbocycles. The summed E-state index contributed by atoms with van der Waals surface area (Å²) in [5.74, 6) is -0.661. The molecule has 1 aliphatic rings.